The molecule has 1 aliphatic rings. The lowest BCUT2D eigenvalue weighted by atomic mass is 10.1. The number of amides is 2. The molecule has 8 heteroatoms. The van der Waals surface area contributed by atoms with Crippen LogP contribution in [-0.4, -0.2) is 58.9 Å². The van der Waals surface area contributed by atoms with E-state index in [1.54, 1.807) is 12.0 Å². The normalized spacial score (nSPS) is 20.7. The molecule has 0 bridgehead atoms. The van der Waals surface area contributed by atoms with E-state index < -0.39 is 6.04 Å². The van der Waals surface area contributed by atoms with Crippen LogP contribution in [0.25, 0.3) is 0 Å². The van der Waals surface area contributed by atoms with Gasteiger partial charge in [0.2, 0.25) is 11.8 Å². The Hall–Kier alpha value is -1.73. The number of ether oxygens (including phenoxy) is 1. The van der Waals surface area contributed by atoms with E-state index in [0.29, 0.717) is 24.8 Å². The third-order valence-electron chi connectivity index (χ3n) is 3.82. The summed E-state index contributed by atoms with van der Waals surface area (Å²) in [6, 6.07) is -0.830. The maximum absolute atomic E-state index is 12.6. The molecular formula is C15H21ClN4O3. The quantitative estimate of drug-likeness (QED) is 0.558. The van der Waals surface area contributed by atoms with Gasteiger partial charge in [-0.1, -0.05) is 6.92 Å². The average Bonchev–Trinajstić information content (AvgIpc) is 3.28. The molecule has 0 radical (unpaired) electrons. The van der Waals surface area contributed by atoms with Crippen molar-refractivity contribution in [1.82, 2.24) is 20.2 Å². The van der Waals surface area contributed by atoms with E-state index in [1.165, 1.54) is 18.6 Å². The van der Waals surface area contributed by atoms with Crippen molar-refractivity contribution < 1.29 is 14.3 Å². The summed E-state index contributed by atoms with van der Waals surface area (Å²) in [5.41, 5.74) is 0.431. The van der Waals surface area contributed by atoms with Gasteiger partial charge in [0.1, 0.15) is 5.88 Å². The van der Waals surface area contributed by atoms with Crippen molar-refractivity contribution in [3.63, 3.8) is 0 Å². The summed E-state index contributed by atoms with van der Waals surface area (Å²) in [6.45, 7) is 2.78. The fourth-order valence-electron chi connectivity index (χ4n) is 2.51. The van der Waals surface area contributed by atoms with Crippen molar-refractivity contribution in [3.05, 3.63) is 24.3 Å². The lowest BCUT2D eigenvalue weighted by Gasteiger charge is -2.30. The van der Waals surface area contributed by atoms with Gasteiger partial charge in [0.05, 0.1) is 18.5 Å². The molecule has 0 saturated heterocycles. The SMILES string of the molecule is COCCNC(=O)C(c1cnccn1)N(C(=O)CCl)C1CC1C. The van der Waals surface area contributed by atoms with E-state index >= 15 is 0 Å². The molecule has 23 heavy (non-hydrogen) atoms. The van der Waals surface area contributed by atoms with Gasteiger partial charge >= 0.3 is 0 Å². The second kappa shape index (κ2) is 8.21. The van der Waals surface area contributed by atoms with Gasteiger partial charge in [-0.3, -0.25) is 19.6 Å². The minimum absolute atomic E-state index is 0.00133. The smallest absolute Gasteiger partial charge is 0.249 e. The predicted octanol–water partition coefficient (Wildman–Crippen LogP) is 0.756. The Morgan fingerprint density at radius 3 is 2.78 bits per heavy atom. The monoisotopic (exact) mass is 340 g/mol. The summed E-state index contributed by atoms with van der Waals surface area (Å²) in [6.07, 6.45) is 5.38. The Labute approximate surface area is 140 Å². The molecule has 0 aliphatic heterocycles. The number of hydrogen-bond donors (Lipinski definition) is 1. The fourth-order valence-corrected chi connectivity index (χ4v) is 2.65. The first kappa shape index (κ1) is 17.6. The molecule has 1 N–H and O–H groups in total. The van der Waals surface area contributed by atoms with Crippen LogP contribution in [-0.2, 0) is 14.3 Å². The number of halogens is 1. The second-order valence-electron chi connectivity index (χ2n) is 5.53. The average molecular weight is 341 g/mol. The molecule has 0 aromatic carbocycles. The molecule has 126 valence electrons. The van der Waals surface area contributed by atoms with Crippen molar-refractivity contribution in [1.29, 1.82) is 0 Å². The van der Waals surface area contributed by atoms with Crippen LogP contribution in [0.4, 0.5) is 0 Å². The summed E-state index contributed by atoms with van der Waals surface area (Å²) in [5.74, 6) is -0.419. The molecule has 2 rings (SSSR count). The first-order valence-corrected chi connectivity index (χ1v) is 8.03. The zero-order valence-corrected chi connectivity index (χ0v) is 14.0. The Morgan fingerprint density at radius 1 is 1.52 bits per heavy atom. The highest BCUT2D eigenvalue weighted by Crippen LogP contribution is 2.39. The van der Waals surface area contributed by atoms with Gasteiger partial charge in [0, 0.05) is 32.1 Å². The van der Waals surface area contributed by atoms with E-state index in [1.807, 2.05) is 6.92 Å². The van der Waals surface area contributed by atoms with Crippen LogP contribution < -0.4 is 5.32 Å². The highest BCUT2D eigenvalue weighted by atomic mass is 35.5. The Balaban J connectivity index is 2.27. The standard InChI is InChI=1S/C15H21ClN4O3/c1-10-7-12(10)20(13(21)8-16)14(11-9-17-3-4-18-11)15(22)19-5-6-23-2/h3-4,9-10,12,14H,5-8H2,1-2H3,(H,19,22). The lowest BCUT2D eigenvalue weighted by molar-refractivity contribution is -0.140. The molecule has 2 amide bonds. The number of alkyl halides is 1. The number of nitrogens with zero attached hydrogens (tertiary/aromatic N) is 3. The van der Waals surface area contributed by atoms with E-state index in [2.05, 4.69) is 15.3 Å². The lowest BCUT2D eigenvalue weighted by Crippen LogP contribution is -2.46. The zero-order valence-electron chi connectivity index (χ0n) is 13.2. The van der Waals surface area contributed by atoms with Crippen LogP contribution in [0, 0.1) is 5.92 Å². The summed E-state index contributed by atoms with van der Waals surface area (Å²) in [4.78, 5) is 34.7. The third-order valence-corrected chi connectivity index (χ3v) is 4.05. The number of methoxy groups -OCH3 is 1. The Morgan fingerprint density at radius 2 is 2.26 bits per heavy atom. The van der Waals surface area contributed by atoms with Crippen molar-refractivity contribution >= 4 is 23.4 Å². The molecular weight excluding hydrogens is 320 g/mol. The molecule has 7 nitrogen and oxygen atoms in total. The molecule has 1 fully saturated rings. The topological polar surface area (TPSA) is 84.4 Å². The molecule has 1 aromatic rings. The van der Waals surface area contributed by atoms with E-state index in [9.17, 15) is 9.59 Å². The van der Waals surface area contributed by atoms with Gasteiger partial charge in [-0.2, -0.15) is 0 Å². The number of rotatable bonds is 8. The molecule has 3 atom stereocenters. The number of carbonyl (C=O) groups excluding carboxylic acids is 2. The van der Waals surface area contributed by atoms with E-state index in [-0.39, 0.29) is 23.7 Å². The predicted molar refractivity (Wildman–Crippen MR) is 84.8 cm³/mol. The van der Waals surface area contributed by atoms with Crippen LogP contribution in [0.2, 0.25) is 0 Å². The van der Waals surface area contributed by atoms with Crippen molar-refractivity contribution in [2.24, 2.45) is 5.92 Å². The molecule has 1 aliphatic carbocycles. The molecule has 1 aromatic heterocycles. The third kappa shape index (κ3) is 4.39. The first-order chi connectivity index (χ1) is 11.1. The number of hydrogen-bond acceptors (Lipinski definition) is 5. The van der Waals surface area contributed by atoms with Crippen LogP contribution >= 0.6 is 11.6 Å². The van der Waals surface area contributed by atoms with Crippen LogP contribution in [0.1, 0.15) is 25.1 Å². The van der Waals surface area contributed by atoms with E-state index in [0.717, 1.165) is 6.42 Å². The Bertz CT molecular complexity index is 543. The second-order valence-corrected chi connectivity index (χ2v) is 5.80. The molecule has 0 spiro atoms. The van der Waals surface area contributed by atoms with Gasteiger partial charge in [-0.05, 0) is 12.3 Å². The number of aromatic nitrogens is 2. The highest BCUT2D eigenvalue weighted by Gasteiger charge is 2.46. The minimum atomic E-state index is -0.832. The molecule has 3 unspecified atom stereocenters. The summed E-state index contributed by atoms with van der Waals surface area (Å²) in [7, 11) is 1.56. The number of nitrogens with one attached hydrogen (secondary N) is 1. The van der Waals surface area contributed by atoms with Crippen LogP contribution in [0.5, 0.6) is 0 Å². The van der Waals surface area contributed by atoms with Crippen molar-refractivity contribution in [2.75, 3.05) is 26.1 Å². The van der Waals surface area contributed by atoms with Crippen molar-refractivity contribution in [3.8, 4) is 0 Å². The maximum atomic E-state index is 12.6. The maximum Gasteiger partial charge on any atom is 0.249 e. The van der Waals surface area contributed by atoms with Crippen LogP contribution in [0.3, 0.4) is 0 Å². The van der Waals surface area contributed by atoms with Crippen molar-refractivity contribution in [2.45, 2.75) is 25.4 Å². The van der Waals surface area contributed by atoms with E-state index in [4.69, 9.17) is 16.3 Å². The molecule has 1 heterocycles. The summed E-state index contributed by atoms with van der Waals surface area (Å²) >= 11 is 5.75. The van der Waals surface area contributed by atoms with Gasteiger partial charge in [-0.15, -0.1) is 11.6 Å². The van der Waals surface area contributed by atoms with Gasteiger partial charge in [0.15, 0.2) is 6.04 Å². The highest BCUT2D eigenvalue weighted by molar-refractivity contribution is 6.27. The van der Waals surface area contributed by atoms with Gasteiger partial charge in [0.25, 0.3) is 0 Å². The zero-order chi connectivity index (χ0) is 16.8. The molecule has 1 saturated carbocycles. The minimum Gasteiger partial charge on any atom is -0.383 e. The number of carbonyl (C=O) groups is 2. The van der Waals surface area contributed by atoms with Gasteiger partial charge in [-0.25, -0.2) is 0 Å². The largest absolute Gasteiger partial charge is 0.383 e. The Kier molecular flexibility index (Phi) is 6.29. The summed E-state index contributed by atoms with van der Waals surface area (Å²) in [5, 5.41) is 2.77. The first-order valence-electron chi connectivity index (χ1n) is 7.49. The van der Waals surface area contributed by atoms with Crippen LogP contribution in [0.15, 0.2) is 18.6 Å². The fraction of sp³-hybridized carbons (Fsp3) is 0.600. The van der Waals surface area contributed by atoms with Gasteiger partial charge < -0.3 is 15.0 Å². The summed E-state index contributed by atoms with van der Waals surface area (Å²) < 4.78 is 4.94.